The summed E-state index contributed by atoms with van der Waals surface area (Å²) < 4.78 is 4.60. The van der Waals surface area contributed by atoms with E-state index < -0.39 is 11.4 Å². The molecule has 1 aliphatic rings. The first kappa shape index (κ1) is 9.03. The van der Waals surface area contributed by atoms with Crippen LogP contribution in [-0.4, -0.2) is 25.5 Å². The molecule has 1 fully saturated rings. The third-order valence-corrected chi connectivity index (χ3v) is 2.45. The lowest BCUT2D eigenvalue weighted by atomic mass is 9.84. The van der Waals surface area contributed by atoms with E-state index in [0.29, 0.717) is 19.4 Å². The Bertz CT molecular complexity index is 214. The molecule has 1 unspecified atom stereocenters. The summed E-state index contributed by atoms with van der Waals surface area (Å²) in [4.78, 5) is 22.6. The Morgan fingerprint density at radius 2 is 2.42 bits per heavy atom. The van der Waals surface area contributed by atoms with Crippen molar-refractivity contribution in [1.29, 1.82) is 0 Å². The first-order chi connectivity index (χ1) is 5.67. The Hall–Kier alpha value is -1.06. The molecule has 1 N–H and O–H groups in total. The lowest BCUT2D eigenvalue weighted by Gasteiger charge is -2.20. The van der Waals surface area contributed by atoms with Gasteiger partial charge in [0.15, 0.2) is 0 Å². The molecule has 0 spiro atoms. The topological polar surface area (TPSA) is 55.4 Å². The third kappa shape index (κ3) is 1.07. The van der Waals surface area contributed by atoms with Crippen LogP contribution in [0.25, 0.3) is 0 Å². The molecule has 0 saturated carbocycles. The average Bonchev–Trinajstić information content (AvgIpc) is 2.46. The first-order valence-corrected chi connectivity index (χ1v) is 4.04. The third-order valence-electron chi connectivity index (χ3n) is 2.45. The van der Waals surface area contributed by atoms with Gasteiger partial charge < -0.3 is 10.1 Å². The van der Waals surface area contributed by atoms with Crippen LogP contribution in [0.2, 0.25) is 0 Å². The molecule has 1 amide bonds. The highest BCUT2D eigenvalue weighted by Gasteiger charge is 2.48. The zero-order chi connectivity index (χ0) is 9.19. The molecule has 1 heterocycles. The summed E-state index contributed by atoms with van der Waals surface area (Å²) in [7, 11) is 1.31. The van der Waals surface area contributed by atoms with E-state index in [1.54, 1.807) is 0 Å². The zero-order valence-electron chi connectivity index (χ0n) is 7.35. The number of nitrogens with one attached hydrogen (secondary N) is 1. The summed E-state index contributed by atoms with van der Waals surface area (Å²) in [5.41, 5.74) is -0.908. The quantitative estimate of drug-likeness (QED) is 0.472. The second-order valence-corrected chi connectivity index (χ2v) is 2.93. The second kappa shape index (κ2) is 3.13. The van der Waals surface area contributed by atoms with Gasteiger partial charge in [0, 0.05) is 6.54 Å². The van der Waals surface area contributed by atoms with Gasteiger partial charge in [0.2, 0.25) is 5.91 Å². The van der Waals surface area contributed by atoms with Crippen LogP contribution in [0.1, 0.15) is 19.8 Å². The molecule has 1 aliphatic heterocycles. The molecule has 4 nitrogen and oxygen atoms in total. The highest BCUT2D eigenvalue weighted by atomic mass is 16.5. The van der Waals surface area contributed by atoms with Crippen molar-refractivity contribution in [2.45, 2.75) is 19.8 Å². The summed E-state index contributed by atoms with van der Waals surface area (Å²) in [6.45, 7) is 2.39. The van der Waals surface area contributed by atoms with E-state index in [0.717, 1.165) is 0 Å². The summed E-state index contributed by atoms with van der Waals surface area (Å²) in [5.74, 6) is -0.614. The van der Waals surface area contributed by atoms with Crippen LogP contribution in [0.5, 0.6) is 0 Å². The molecule has 0 aromatic heterocycles. The van der Waals surface area contributed by atoms with Crippen molar-refractivity contribution in [2.75, 3.05) is 13.7 Å². The van der Waals surface area contributed by atoms with Gasteiger partial charge in [0.25, 0.3) is 0 Å². The summed E-state index contributed by atoms with van der Waals surface area (Å²) >= 11 is 0. The summed E-state index contributed by atoms with van der Waals surface area (Å²) in [6, 6.07) is 0. The second-order valence-electron chi connectivity index (χ2n) is 2.93. The number of hydrogen-bond acceptors (Lipinski definition) is 3. The van der Waals surface area contributed by atoms with Gasteiger partial charge in [0.1, 0.15) is 5.41 Å². The van der Waals surface area contributed by atoms with Crippen LogP contribution in [0.15, 0.2) is 0 Å². The average molecular weight is 171 g/mol. The molecule has 1 rings (SSSR count). The van der Waals surface area contributed by atoms with Crippen molar-refractivity contribution in [3.8, 4) is 0 Å². The Morgan fingerprint density at radius 1 is 1.75 bits per heavy atom. The molecular weight excluding hydrogens is 158 g/mol. The maximum absolute atomic E-state index is 11.3. The highest BCUT2D eigenvalue weighted by molar-refractivity contribution is 6.04. The van der Waals surface area contributed by atoms with E-state index >= 15 is 0 Å². The van der Waals surface area contributed by atoms with Gasteiger partial charge in [-0.25, -0.2) is 0 Å². The fourth-order valence-corrected chi connectivity index (χ4v) is 1.54. The van der Waals surface area contributed by atoms with Crippen molar-refractivity contribution in [3.63, 3.8) is 0 Å². The zero-order valence-corrected chi connectivity index (χ0v) is 7.35. The molecule has 12 heavy (non-hydrogen) atoms. The van der Waals surface area contributed by atoms with Crippen molar-refractivity contribution >= 4 is 11.9 Å². The Kier molecular flexibility index (Phi) is 2.35. The molecule has 1 atom stereocenters. The smallest absolute Gasteiger partial charge is 0.321 e. The number of ether oxygens (including phenoxy) is 1. The fraction of sp³-hybridized carbons (Fsp3) is 0.750. The van der Waals surface area contributed by atoms with E-state index in [1.165, 1.54) is 7.11 Å². The van der Waals surface area contributed by atoms with E-state index in [9.17, 15) is 9.59 Å². The van der Waals surface area contributed by atoms with Crippen LogP contribution >= 0.6 is 0 Å². The van der Waals surface area contributed by atoms with Crippen molar-refractivity contribution < 1.29 is 14.3 Å². The largest absolute Gasteiger partial charge is 0.468 e. The number of amides is 1. The van der Waals surface area contributed by atoms with Crippen molar-refractivity contribution in [2.24, 2.45) is 5.41 Å². The fourth-order valence-electron chi connectivity index (χ4n) is 1.54. The van der Waals surface area contributed by atoms with Gasteiger partial charge in [-0.1, -0.05) is 6.92 Å². The normalized spacial score (nSPS) is 28.3. The van der Waals surface area contributed by atoms with E-state index in [4.69, 9.17) is 0 Å². The monoisotopic (exact) mass is 171 g/mol. The van der Waals surface area contributed by atoms with Gasteiger partial charge in [-0.05, 0) is 12.8 Å². The molecule has 1 saturated heterocycles. The number of hydrogen-bond donors (Lipinski definition) is 1. The standard InChI is InChI=1S/C8H13NO3/c1-3-8(7(11)12-2)4-5-9-6(8)10/h3-5H2,1-2H3,(H,9,10). The number of carbonyl (C=O) groups excluding carboxylic acids is 2. The molecule has 68 valence electrons. The lowest BCUT2D eigenvalue weighted by molar-refractivity contribution is -0.157. The predicted molar refractivity (Wildman–Crippen MR) is 42.4 cm³/mol. The van der Waals surface area contributed by atoms with Gasteiger partial charge >= 0.3 is 5.97 Å². The van der Waals surface area contributed by atoms with Crippen molar-refractivity contribution in [1.82, 2.24) is 5.32 Å². The molecule has 0 radical (unpaired) electrons. The van der Waals surface area contributed by atoms with Gasteiger partial charge in [-0.15, -0.1) is 0 Å². The van der Waals surface area contributed by atoms with Crippen molar-refractivity contribution in [3.05, 3.63) is 0 Å². The van der Waals surface area contributed by atoms with E-state index in [1.807, 2.05) is 6.92 Å². The highest BCUT2D eigenvalue weighted by Crippen LogP contribution is 2.31. The Labute approximate surface area is 71.3 Å². The first-order valence-electron chi connectivity index (χ1n) is 4.04. The van der Waals surface area contributed by atoms with Gasteiger partial charge in [-0.3, -0.25) is 9.59 Å². The molecular formula is C8H13NO3. The molecule has 0 aromatic rings. The maximum atomic E-state index is 11.3. The Balaban J connectivity index is 2.88. The molecule has 0 aromatic carbocycles. The van der Waals surface area contributed by atoms with Crippen LogP contribution in [0.4, 0.5) is 0 Å². The van der Waals surface area contributed by atoms with Gasteiger partial charge in [0.05, 0.1) is 7.11 Å². The Morgan fingerprint density at radius 3 is 2.75 bits per heavy atom. The van der Waals surface area contributed by atoms with Crippen LogP contribution in [-0.2, 0) is 14.3 Å². The predicted octanol–water partition coefficient (Wildman–Crippen LogP) is 0.0757. The molecule has 4 heteroatoms. The minimum Gasteiger partial charge on any atom is -0.468 e. The minimum atomic E-state index is -0.908. The van der Waals surface area contributed by atoms with E-state index in [-0.39, 0.29) is 5.91 Å². The summed E-state index contributed by atoms with van der Waals surface area (Å²) in [6.07, 6.45) is 1.06. The number of carbonyl (C=O) groups is 2. The minimum absolute atomic E-state index is 0.197. The van der Waals surface area contributed by atoms with E-state index in [2.05, 4.69) is 10.1 Å². The SMILES string of the molecule is CCC1(C(=O)OC)CCNC1=O. The maximum Gasteiger partial charge on any atom is 0.321 e. The number of methoxy groups -OCH3 is 1. The van der Waals surface area contributed by atoms with Gasteiger partial charge in [-0.2, -0.15) is 0 Å². The van der Waals surface area contributed by atoms with Crippen LogP contribution in [0.3, 0.4) is 0 Å². The molecule has 0 aliphatic carbocycles. The number of esters is 1. The van der Waals surface area contributed by atoms with Crippen LogP contribution < -0.4 is 5.32 Å². The van der Waals surface area contributed by atoms with Crippen LogP contribution in [0, 0.1) is 5.41 Å². The lowest BCUT2D eigenvalue weighted by Crippen LogP contribution is -2.39. The number of rotatable bonds is 2. The summed E-state index contributed by atoms with van der Waals surface area (Å²) in [5, 5.41) is 2.64. The molecule has 0 bridgehead atoms.